The fourth-order valence-electron chi connectivity index (χ4n) is 9.38. The molecule has 2 unspecified atom stereocenters. The molecule has 0 aliphatic carbocycles. The Labute approximate surface area is 324 Å². The van der Waals surface area contributed by atoms with E-state index in [0.29, 0.717) is 11.8 Å². The van der Waals surface area contributed by atoms with Crippen LogP contribution in [0.25, 0.3) is 0 Å². The predicted molar refractivity (Wildman–Crippen MR) is 184 cm³/mol. The maximum atomic E-state index is 10.2. The van der Waals surface area contributed by atoms with Crippen molar-refractivity contribution in [1.29, 1.82) is 0 Å². The van der Waals surface area contributed by atoms with Crippen LogP contribution >= 0.6 is 15.9 Å². The van der Waals surface area contributed by atoms with Crippen molar-refractivity contribution in [1.82, 2.24) is 4.90 Å². The van der Waals surface area contributed by atoms with Crippen molar-refractivity contribution in [2.45, 2.75) is 115 Å². The van der Waals surface area contributed by atoms with E-state index >= 15 is 0 Å². The normalized spacial score (nSPS) is 33.5. The Morgan fingerprint density at radius 2 is 1.02 bits per heavy atom. The van der Waals surface area contributed by atoms with E-state index < -0.39 is 0 Å². The first kappa shape index (κ1) is 45.7. The van der Waals surface area contributed by atoms with Gasteiger partial charge in [-0.15, -0.1) is 0 Å². The van der Waals surface area contributed by atoms with Crippen LogP contribution < -0.4 is 50.9 Å². The number of piperidine rings is 8. The lowest BCUT2D eigenvalue weighted by molar-refractivity contribution is -0.946. The number of rotatable bonds is 11. The number of quaternary nitrogens is 3. The zero-order valence-corrected chi connectivity index (χ0v) is 36.1. The number of hydrogen-bond acceptors (Lipinski definition) is 3. The van der Waals surface area contributed by atoms with E-state index in [4.69, 9.17) is 0 Å². The second-order valence-electron chi connectivity index (χ2n) is 16.3. The second kappa shape index (κ2) is 23.3. The topological polar surface area (TPSA) is 43.7 Å². The van der Waals surface area contributed by atoms with Gasteiger partial charge in [0.2, 0.25) is 0 Å². The highest BCUT2D eigenvalue weighted by molar-refractivity contribution is 9.09. The third-order valence-electron chi connectivity index (χ3n) is 12.6. The van der Waals surface area contributed by atoms with Gasteiger partial charge in [-0.1, -0.05) is 15.9 Å². The van der Waals surface area contributed by atoms with Gasteiger partial charge in [0.25, 0.3) is 0 Å². The standard InChI is InChI=1S/C18H36N2O.C11H23BrN.C7H13NO.3BrH/c1-19(10-4-2-5-11-19)12-6-3-7-13-20-14-8-17(9-15-20)18(21)16-20;1-13(9-5-2-4-8-12)10-6-3-7-11-13;9-7-5-8-3-1-6(7)2-4-8;;;/h17-18,21H,2-16H2,1H3;2-11H2,1H3;6-7,9H,1-5H2;3*1H/q+2;+1;;;;/p-3. The third-order valence-corrected chi connectivity index (χ3v) is 13.2. The Morgan fingerprint density at radius 3 is 1.41 bits per heavy atom. The average molecular weight is 913 g/mol. The first-order valence-electron chi connectivity index (χ1n) is 18.9. The van der Waals surface area contributed by atoms with Gasteiger partial charge in [0.15, 0.2) is 0 Å². The van der Waals surface area contributed by atoms with E-state index in [0.717, 1.165) is 13.1 Å². The molecule has 8 aliphatic heterocycles. The maximum Gasteiger partial charge on any atom is 0.106 e. The summed E-state index contributed by atoms with van der Waals surface area (Å²) in [6, 6.07) is 0. The van der Waals surface area contributed by atoms with Crippen LogP contribution in [0.5, 0.6) is 0 Å². The fraction of sp³-hybridized carbons (Fsp3) is 1.00. The Morgan fingerprint density at radius 1 is 0.565 bits per heavy atom. The lowest BCUT2D eigenvalue weighted by atomic mass is 9.83. The summed E-state index contributed by atoms with van der Waals surface area (Å²) in [6.07, 6.45) is 22.0. The van der Waals surface area contributed by atoms with E-state index in [1.54, 1.807) is 0 Å². The molecule has 0 radical (unpaired) electrons. The molecule has 8 fully saturated rings. The molecule has 8 rings (SSSR count). The van der Waals surface area contributed by atoms with Gasteiger partial charge in [-0.25, -0.2) is 0 Å². The van der Waals surface area contributed by atoms with E-state index in [1.165, 1.54) is 194 Å². The Balaban J connectivity index is 0.000000364. The number of alkyl halides is 1. The zero-order chi connectivity index (χ0) is 30.6. The number of likely N-dealkylation sites (tertiary alicyclic amines) is 2. The van der Waals surface area contributed by atoms with Crippen molar-refractivity contribution in [3.63, 3.8) is 0 Å². The molecule has 8 heterocycles. The van der Waals surface area contributed by atoms with Crippen LogP contribution in [0.15, 0.2) is 0 Å². The third kappa shape index (κ3) is 15.1. The molecule has 276 valence electrons. The molecule has 10 heteroatoms. The highest BCUT2D eigenvalue weighted by atomic mass is 79.9. The molecule has 0 aromatic heterocycles. The largest absolute Gasteiger partial charge is 1.00 e. The van der Waals surface area contributed by atoms with Crippen molar-refractivity contribution in [3.8, 4) is 0 Å². The molecule has 0 spiro atoms. The summed E-state index contributed by atoms with van der Waals surface area (Å²) in [6.45, 7) is 16.9. The van der Waals surface area contributed by atoms with Gasteiger partial charge in [-0.2, -0.15) is 0 Å². The molecule has 6 nitrogen and oxygen atoms in total. The minimum absolute atomic E-state index is 0. The first-order valence-corrected chi connectivity index (χ1v) is 20.0. The Kier molecular flexibility index (Phi) is 23.1. The quantitative estimate of drug-likeness (QED) is 0.130. The summed E-state index contributed by atoms with van der Waals surface area (Å²) in [5.41, 5.74) is 0. The lowest BCUT2D eigenvalue weighted by Crippen LogP contribution is -3.00. The van der Waals surface area contributed by atoms with Gasteiger partial charge in [0.05, 0.1) is 79.1 Å². The van der Waals surface area contributed by atoms with Crippen LogP contribution in [-0.2, 0) is 0 Å². The minimum Gasteiger partial charge on any atom is -1.00 e. The number of hydrogen-bond donors (Lipinski definition) is 2. The zero-order valence-electron chi connectivity index (χ0n) is 29.7. The van der Waals surface area contributed by atoms with Gasteiger partial charge in [-0.3, -0.25) is 0 Å². The number of nitrogens with zero attached hydrogens (tertiary/aromatic N) is 4. The SMILES string of the molecule is C[N+]1(CCCCCBr)CCCCC1.C[N+]1(CCCCC[N+]23CCC(CC2)C(O)C3)CCCCC1.OC1CN2CCC1CC2.[Br-].[Br-].[Br-]. The average Bonchev–Trinajstić information content (AvgIpc) is 3.01. The van der Waals surface area contributed by atoms with Gasteiger partial charge in [0, 0.05) is 30.6 Å². The summed E-state index contributed by atoms with van der Waals surface area (Å²) in [4.78, 5) is 2.35. The lowest BCUT2D eigenvalue weighted by Gasteiger charge is -2.51. The maximum absolute atomic E-state index is 10.2. The molecule has 2 atom stereocenters. The summed E-state index contributed by atoms with van der Waals surface area (Å²) < 4.78 is 3.92. The van der Waals surface area contributed by atoms with Crippen molar-refractivity contribution in [2.24, 2.45) is 11.8 Å². The number of fused-ring (bicyclic) bond motifs is 6. The number of aliphatic hydroxyl groups excluding tert-OH is 2. The van der Waals surface area contributed by atoms with Crippen molar-refractivity contribution in [2.75, 3.05) is 105 Å². The molecule has 0 amide bonds. The number of aliphatic hydroxyl groups is 2. The molecular weight excluding hydrogens is 840 g/mol. The summed E-state index contributed by atoms with van der Waals surface area (Å²) in [5.74, 6) is 1.27. The van der Waals surface area contributed by atoms with E-state index in [-0.39, 0.29) is 63.2 Å². The summed E-state index contributed by atoms with van der Waals surface area (Å²) >= 11 is 3.48. The van der Waals surface area contributed by atoms with Crippen LogP contribution in [0.2, 0.25) is 0 Å². The fourth-order valence-corrected chi connectivity index (χ4v) is 9.77. The molecule has 46 heavy (non-hydrogen) atoms. The number of unbranched alkanes of at least 4 members (excludes halogenated alkanes) is 4. The molecular formula is C36H72Br4N4O2. The molecule has 0 saturated carbocycles. The first-order chi connectivity index (χ1) is 20.7. The van der Waals surface area contributed by atoms with Crippen LogP contribution in [0.4, 0.5) is 0 Å². The van der Waals surface area contributed by atoms with E-state index in [2.05, 4.69) is 34.9 Å². The highest BCUT2D eigenvalue weighted by Crippen LogP contribution is 2.34. The van der Waals surface area contributed by atoms with Gasteiger partial charge >= 0.3 is 0 Å². The molecule has 8 aliphatic rings. The predicted octanol–water partition coefficient (Wildman–Crippen LogP) is -3.34. The van der Waals surface area contributed by atoms with Crippen molar-refractivity contribution in [3.05, 3.63) is 0 Å². The van der Waals surface area contributed by atoms with Gasteiger partial charge < -0.3 is 79.5 Å². The van der Waals surface area contributed by atoms with E-state index in [1.807, 2.05) is 0 Å². The molecule has 2 N–H and O–H groups in total. The van der Waals surface area contributed by atoms with Crippen LogP contribution in [0.3, 0.4) is 0 Å². The summed E-state index contributed by atoms with van der Waals surface area (Å²) in [5, 5.41) is 20.7. The summed E-state index contributed by atoms with van der Waals surface area (Å²) in [7, 11) is 4.90. The van der Waals surface area contributed by atoms with Crippen molar-refractivity contribution < 1.29 is 74.6 Å². The molecule has 0 aromatic carbocycles. The number of halogens is 4. The van der Waals surface area contributed by atoms with Crippen LogP contribution in [-0.4, -0.2) is 145 Å². The van der Waals surface area contributed by atoms with Crippen LogP contribution in [0, 0.1) is 11.8 Å². The van der Waals surface area contributed by atoms with Crippen molar-refractivity contribution >= 4 is 15.9 Å². The smallest absolute Gasteiger partial charge is 0.106 e. The minimum atomic E-state index is -0.00694. The van der Waals surface area contributed by atoms with Gasteiger partial charge in [0.1, 0.15) is 12.6 Å². The highest BCUT2D eigenvalue weighted by Gasteiger charge is 2.44. The molecule has 0 aromatic rings. The van der Waals surface area contributed by atoms with Crippen LogP contribution in [0.1, 0.15) is 103 Å². The van der Waals surface area contributed by atoms with Gasteiger partial charge in [-0.05, 0) is 109 Å². The van der Waals surface area contributed by atoms with E-state index in [9.17, 15) is 10.2 Å². The molecule has 8 saturated heterocycles. The second-order valence-corrected chi connectivity index (χ2v) is 17.1. The Bertz CT molecular complexity index is 769. The molecule has 4 bridgehead atoms. The Hall–Kier alpha value is 1.68. The monoisotopic (exact) mass is 908 g/mol.